The van der Waals surface area contributed by atoms with E-state index >= 15 is 0 Å². The van der Waals surface area contributed by atoms with Crippen LogP contribution in [0.4, 0.5) is 5.69 Å². The molecule has 0 bridgehead atoms. The minimum absolute atomic E-state index is 0.0833. The molecule has 5 nitrogen and oxygen atoms in total. The zero-order valence-corrected chi connectivity index (χ0v) is 13.9. The number of carbonyl (C=O) groups excluding carboxylic acids is 1. The molecule has 0 heterocycles. The van der Waals surface area contributed by atoms with Crippen LogP contribution in [0.15, 0.2) is 47.6 Å². The number of carbonyl (C=O) groups is 1. The molecule has 0 aromatic heterocycles. The summed E-state index contributed by atoms with van der Waals surface area (Å²) in [6.45, 7) is 0.0833. The van der Waals surface area contributed by atoms with Crippen LogP contribution in [0.2, 0.25) is 10.0 Å². The van der Waals surface area contributed by atoms with Gasteiger partial charge in [0.15, 0.2) is 0 Å². The predicted octanol–water partition coefficient (Wildman–Crippen LogP) is 3.56. The second-order valence-electron chi connectivity index (χ2n) is 4.51. The van der Waals surface area contributed by atoms with Gasteiger partial charge in [-0.25, -0.2) is 5.43 Å². The number of amides is 1. The van der Waals surface area contributed by atoms with E-state index in [1.807, 2.05) is 12.1 Å². The summed E-state index contributed by atoms with van der Waals surface area (Å²) in [6.07, 6.45) is 1.41. The smallest absolute Gasteiger partial charge is 0.259 e. The van der Waals surface area contributed by atoms with Gasteiger partial charge in [0.2, 0.25) is 0 Å². The van der Waals surface area contributed by atoms with Crippen LogP contribution in [0.1, 0.15) is 5.56 Å². The maximum Gasteiger partial charge on any atom is 0.259 e. The second-order valence-corrected chi connectivity index (χ2v) is 5.32. The zero-order valence-electron chi connectivity index (χ0n) is 12.3. The minimum atomic E-state index is -0.291. The number of ether oxygens (including phenoxy) is 1. The van der Waals surface area contributed by atoms with E-state index in [-0.39, 0.29) is 12.5 Å². The number of benzene rings is 2. The van der Waals surface area contributed by atoms with Crippen LogP contribution in [0.3, 0.4) is 0 Å². The Morgan fingerprint density at radius 1 is 1.17 bits per heavy atom. The quantitative estimate of drug-likeness (QED) is 0.617. The van der Waals surface area contributed by atoms with Crippen molar-refractivity contribution in [1.29, 1.82) is 0 Å². The number of nitrogens with zero attached hydrogens (tertiary/aromatic N) is 1. The van der Waals surface area contributed by atoms with Gasteiger partial charge in [-0.15, -0.1) is 0 Å². The van der Waals surface area contributed by atoms with Crippen molar-refractivity contribution in [2.24, 2.45) is 5.10 Å². The van der Waals surface area contributed by atoms with Gasteiger partial charge in [0, 0.05) is 11.3 Å². The zero-order chi connectivity index (χ0) is 16.7. The lowest BCUT2D eigenvalue weighted by molar-refractivity contribution is -0.119. The average Bonchev–Trinajstić information content (AvgIpc) is 2.56. The highest BCUT2D eigenvalue weighted by Crippen LogP contribution is 2.22. The summed E-state index contributed by atoms with van der Waals surface area (Å²) in [5.74, 6) is 0.460. The first-order valence-electron chi connectivity index (χ1n) is 6.74. The molecule has 0 radical (unpaired) electrons. The number of nitrogens with one attached hydrogen (secondary N) is 2. The van der Waals surface area contributed by atoms with Crippen LogP contribution >= 0.6 is 23.2 Å². The van der Waals surface area contributed by atoms with Crippen LogP contribution in [-0.2, 0) is 4.79 Å². The molecule has 1 amide bonds. The molecule has 0 atom stereocenters. The Hall–Kier alpha value is -2.24. The van der Waals surface area contributed by atoms with E-state index in [0.717, 1.165) is 11.4 Å². The van der Waals surface area contributed by atoms with Crippen molar-refractivity contribution in [3.8, 4) is 5.75 Å². The highest BCUT2D eigenvalue weighted by atomic mass is 35.5. The number of halogens is 2. The number of hydrogen-bond donors (Lipinski definition) is 2. The van der Waals surface area contributed by atoms with Crippen LogP contribution in [0, 0.1) is 0 Å². The lowest BCUT2D eigenvalue weighted by Crippen LogP contribution is -2.25. The molecule has 7 heteroatoms. The van der Waals surface area contributed by atoms with Crippen molar-refractivity contribution < 1.29 is 9.53 Å². The van der Waals surface area contributed by atoms with Crippen molar-refractivity contribution in [3.05, 3.63) is 58.1 Å². The highest BCUT2D eigenvalue weighted by molar-refractivity contribution is 6.38. The molecule has 2 aromatic carbocycles. The molecule has 0 aliphatic rings. The Balaban J connectivity index is 1.84. The molecular formula is C16H15Cl2N3O2. The number of hydrazone groups is 1. The van der Waals surface area contributed by atoms with Gasteiger partial charge in [-0.05, 0) is 36.4 Å². The van der Waals surface area contributed by atoms with Gasteiger partial charge >= 0.3 is 0 Å². The predicted molar refractivity (Wildman–Crippen MR) is 93.7 cm³/mol. The molecule has 2 aromatic rings. The van der Waals surface area contributed by atoms with Crippen molar-refractivity contribution in [2.45, 2.75) is 0 Å². The molecular weight excluding hydrogens is 337 g/mol. The fourth-order valence-electron chi connectivity index (χ4n) is 1.73. The third-order valence-electron chi connectivity index (χ3n) is 2.93. The van der Waals surface area contributed by atoms with E-state index < -0.39 is 0 Å². The normalized spacial score (nSPS) is 10.6. The van der Waals surface area contributed by atoms with Gasteiger partial charge in [-0.2, -0.15) is 5.10 Å². The maximum absolute atomic E-state index is 11.7. The van der Waals surface area contributed by atoms with Crippen molar-refractivity contribution in [1.82, 2.24) is 5.43 Å². The molecule has 0 saturated carbocycles. The molecule has 0 spiro atoms. The number of methoxy groups -OCH3 is 1. The van der Waals surface area contributed by atoms with Gasteiger partial charge in [0.05, 0.1) is 29.9 Å². The van der Waals surface area contributed by atoms with Gasteiger partial charge < -0.3 is 10.1 Å². The molecule has 0 saturated heterocycles. The van der Waals surface area contributed by atoms with Crippen LogP contribution in [0.5, 0.6) is 5.75 Å². The summed E-state index contributed by atoms with van der Waals surface area (Å²) >= 11 is 12.0. The van der Waals surface area contributed by atoms with Crippen LogP contribution in [-0.4, -0.2) is 25.8 Å². The lowest BCUT2D eigenvalue weighted by atomic mass is 10.2. The molecule has 23 heavy (non-hydrogen) atoms. The Morgan fingerprint density at radius 2 is 1.83 bits per heavy atom. The van der Waals surface area contributed by atoms with E-state index in [9.17, 15) is 4.79 Å². The van der Waals surface area contributed by atoms with Crippen LogP contribution in [0.25, 0.3) is 0 Å². The standard InChI is InChI=1S/C16H15Cl2N3O2/c1-23-12-7-5-11(6-8-12)19-10-16(22)21-20-9-13-14(17)3-2-4-15(13)18/h2-9,19H,10H2,1H3,(H,21,22)/b20-9+. The highest BCUT2D eigenvalue weighted by Gasteiger charge is 2.03. The van der Waals surface area contributed by atoms with E-state index in [1.165, 1.54) is 6.21 Å². The fourth-order valence-corrected chi connectivity index (χ4v) is 2.23. The molecule has 2 N–H and O–H groups in total. The molecule has 2 rings (SSSR count). The summed E-state index contributed by atoms with van der Waals surface area (Å²) in [7, 11) is 1.60. The van der Waals surface area contributed by atoms with Crippen LogP contribution < -0.4 is 15.5 Å². The third kappa shape index (κ3) is 5.16. The number of rotatable bonds is 6. The van der Waals surface area contributed by atoms with Gasteiger partial charge in [-0.3, -0.25) is 4.79 Å². The molecule has 0 fully saturated rings. The van der Waals surface area contributed by atoms with E-state index in [2.05, 4.69) is 15.8 Å². The Morgan fingerprint density at radius 3 is 2.43 bits per heavy atom. The monoisotopic (exact) mass is 351 g/mol. The maximum atomic E-state index is 11.7. The minimum Gasteiger partial charge on any atom is -0.497 e. The summed E-state index contributed by atoms with van der Waals surface area (Å²) in [5.41, 5.74) is 3.76. The molecule has 0 aliphatic heterocycles. The first kappa shape index (κ1) is 17.1. The largest absolute Gasteiger partial charge is 0.497 e. The SMILES string of the molecule is COc1ccc(NCC(=O)N/N=C/c2c(Cl)cccc2Cl)cc1. The Bertz CT molecular complexity index is 683. The van der Waals surface area contributed by atoms with Gasteiger partial charge in [-0.1, -0.05) is 29.3 Å². The Kier molecular flexibility index (Phi) is 6.26. The van der Waals surface area contributed by atoms with E-state index in [0.29, 0.717) is 15.6 Å². The van der Waals surface area contributed by atoms with Gasteiger partial charge in [0.1, 0.15) is 5.75 Å². The summed E-state index contributed by atoms with van der Waals surface area (Å²) in [4.78, 5) is 11.7. The summed E-state index contributed by atoms with van der Waals surface area (Å²) in [5, 5.41) is 7.75. The Labute approximate surface area is 144 Å². The number of hydrogen-bond acceptors (Lipinski definition) is 4. The average molecular weight is 352 g/mol. The topological polar surface area (TPSA) is 62.7 Å². The fraction of sp³-hybridized carbons (Fsp3) is 0.125. The molecule has 0 unspecified atom stereocenters. The third-order valence-corrected chi connectivity index (χ3v) is 3.58. The van der Waals surface area contributed by atoms with E-state index in [1.54, 1.807) is 37.4 Å². The van der Waals surface area contributed by atoms with Crippen molar-refractivity contribution >= 4 is 41.0 Å². The number of anilines is 1. The first-order valence-corrected chi connectivity index (χ1v) is 7.49. The second kappa shape index (κ2) is 8.41. The van der Waals surface area contributed by atoms with Crippen molar-refractivity contribution in [3.63, 3.8) is 0 Å². The first-order chi connectivity index (χ1) is 11.1. The lowest BCUT2D eigenvalue weighted by Gasteiger charge is -2.06. The molecule has 0 aliphatic carbocycles. The summed E-state index contributed by atoms with van der Waals surface area (Å²) in [6, 6.07) is 12.4. The molecule has 120 valence electrons. The van der Waals surface area contributed by atoms with E-state index in [4.69, 9.17) is 27.9 Å². The summed E-state index contributed by atoms with van der Waals surface area (Å²) < 4.78 is 5.06. The van der Waals surface area contributed by atoms with Gasteiger partial charge in [0.25, 0.3) is 5.91 Å². The van der Waals surface area contributed by atoms with Crippen molar-refractivity contribution in [2.75, 3.05) is 19.0 Å².